The number of carbonyl (C=O) groups is 2. The molecular formula is C27H28O15. The van der Waals surface area contributed by atoms with Crippen LogP contribution in [0.1, 0.15) is 19.8 Å². The molecule has 0 spiro atoms. The van der Waals surface area contributed by atoms with Crippen LogP contribution >= 0.6 is 0 Å². The van der Waals surface area contributed by atoms with E-state index in [4.69, 9.17) is 23.7 Å². The average molecular weight is 593 g/mol. The molecule has 0 aliphatic carbocycles. The Labute approximate surface area is 236 Å². The lowest BCUT2D eigenvalue weighted by atomic mass is 9.98. The van der Waals surface area contributed by atoms with E-state index in [9.17, 15) is 50.1 Å². The SMILES string of the molecule is C[C@@](O)(CC(=O)O)CC(=O)OC[C@H]1O[C@@H](Oc2c(-c3ccc(O)cc3)oc3cc(O)cc(O)c3c2=O)[C@H](O)[C@@H](O)[C@H]1O. The van der Waals surface area contributed by atoms with E-state index >= 15 is 0 Å². The number of benzene rings is 2. The molecule has 226 valence electrons. The van der Waals surface area contributed by atoms with Crippen LogP contribution in [0.2, 0.25) is 0 Å². The molecule has 42 heavy (non-hydrogen) atoms. The third kappa shape index (κ3) is 6.56. The van der Waals surface area contributed by atoms with Crippen molar-refractivity contribution in [3.63, 3.8) is 0 Å². The Balaban J connectivity index is 1.64. The fourth-order valence-electron chi connectivity index (χ4n) is 4.37. The summed E-state index contributed by atoms with van der Waals surface area (Å²) in [6.07, 6.45) is -10.6. The number of hydrogen-bond donors (Lipinski definition) is 8. The third-order valence-electron chi connectivity index (χ3n) is 6.42. The molecule has 0 bridgehead atoms. The van der Waals surface area contributed by atoms with Gasteiger partial charge in [0.25, 0.3) is 0 Å². The van der Waals surface area contributed by atoms with Crippen LogP contribution < -0.4 is 10.2 Å². The van der Waals surface area contributed by atoms with Gasteiger partial charge in [0.1, 0.15) is 59.2 Å². The summed E-state index contributed by atoms with van der Waals surface area (Å²) in [7, 11) is 0. The summed E-state index contributed by atoms with van der Waals surface area (Å²) in [6.45, 7) is 0.377. The topological polar surface area (TPSA) is 254 Å². The minimum atomic E-state index is -1.96. The highest BCUT2D eigenvalue weighted by molar-refractivity contribution is 5.88. The van der Waals surface area contributed by atoms with E-state index in [0.717, 1.165) is 19.1 Å². The molecule has 1 aromatic heterocycles. The van der Waals surface area contributed by atoms with Gasteiger partial charge in [-0.05, 0) is 31.2 Å². The van der Waals surface area contributed by atoms with E-state index in [1.807, 2.05) is 0 Å². The minimum Gasteiger partial charge on any atom is -0.508 e. The number of carbonyl (C=O) groups excluding carboxylic acids is 1. The molecule has 8 N–H and O–H groups in total. The van der Waals surface area contributed by atoms with Crippen LogP contribution in [0.5, 0.6) is 23.0 Å². The molecule has 0 saturated carbocycles. The van der Waals surface area contributed by atoms with Crippen LogP contribution in [-0.4, -0.2) is 95.7 Å². The summed E-state index contributed by atoms with van der Waals surface area (Å²) in [4.78, 5) is 36.5. The van der Waals surface area contributed by atoms with Gasteiger partial charge in [-0.3, -0.25) is 14.4 Å². The predicted molar refractivity (Wildman–Crippen MR) is 139 cm³/mol. The summed E-state index contributed by atoms with van der Waals surface area (Å²) >= 11 is 0. The van der Waals surface area contributed by atoms with Gasteiger partial charge in [-0.1, -0.05) is 0 Å². The molecule has 0 radical (unpaired) electrons. The number of esters is 1. The molecule has 15 nitrogen and oxygen atoms in total. The van der Waals surface area contributed by atoms with Gasteiger partial charge in [0.05, 0.1) is 18.4 Å². The van der Waals surface area contributed by atoms with Gasteiger partial charge in [-0.2, -0.15) is 0 Å². The van der Waals surface area contributed by atoms with Gasteiger partial charge < -0.3 is 59.5 Å². The fourth-order valence-corrected chi connectivity index (χ4v) is 4.37. The maximum Gasteiger partial charge on any atom is 0.308 e. The molecule has 4 rings (SSSR count). The summed E-state index contributed by atoms with van der Waals surface area (Å²) in [6, 6.07) is 7.20. The molecule has 0 unspecified atom stereocenters. The molecule has 15 heteroatoms. The Kier molecular flexibility index (Phi) is 8.60. The normalized spacial score (nSPS) is 23.7. The van der Waals surface area contributed by atoms with E-state index in [2.05, 4.69) is 0 Å². The number of aliphatic hydroxyl groups excluding tert-OH is 3. The average Bonchev–Trinajstić information content (AvgIpc) is 2.88. The summed E-state index contributed by atoms with van der Waals surface area (Å²) in [5, 5.41) is 79.8. The highest BCUT2D eigenvalue weighted by Crippen LogP contribution is 2.37. The van der Waals surface area contributed by atoms with Crippen LogP contribution in [0, 0.1) is 0 Å². The van der Waals surface area contributed by atoms with E-state index in [0.29, 0.717) is 0 Å². The number of carboxylic acid groups (broad SMARTS) is 1. The van der Waals surface area contributed by atoms with Crippen molar-refractivity contribution in [1.82, 2.24) is 0 Å². The number of aliphatic hydroxyl groups is 4. The number of ether oxygens (including phenoxy) is 3. The number of fused-ring (bicyclic) bond motifs is 1. The molecule has 6 atom stereocenters. The number of hydrogen-bond acceptors (Lipinski definition) is 14. The lowest BCUT2D eigenvalue weighted by Gasteiger charge is -2.39. The van der Waals surface area contributed by atoms with Gasteiger partial charge in [0.2, 0.25) is 17.5 Å². The van der Waals surface area contributed by atoms with Crippen LogP contribution in [0.4, 0.5) is 0 Å². The summed E-state index contributed by atoms with van der Waals surface area (Å²) in [5.74, 6) is -4.52. The van der Waals surface area contributed by atoms with Crippen LogP contribution in [0.15, 0.2) is 45.6 Å². The first-order valence-corrected chi connectivity index (χ1v) is 12.4. The smallest absolute Gasteiger partial charge is 0.308 e. The first-order chi connectivity index (χ1) is 19.7. The lowest BCUT2D eigenvalue weighted by molar-refractivity contribution is -0.278. The van der Waals surface area contributed by atoms with Crippen molar-refractivity contribution in [3.05, 3.63) is 46.6 Å². The molecule has 3 aromatic rings. The second-order valence-corrected chi connectivity index (χ2v) is 10.0. The highest BCUT2D eigenvalue weighted by atomic mass is 16.7. The predicted octanol–water partition coefficient (Wildman–Crippen LogP) is -0.0778. The maximum atomic E-state index is 13.5. The number of rotatable bonds is 9. The van der Waals surface area contributed by atoms with Crippen molar-refractivity contribution in [2.75, 3.05) is 6.61 Å². The van der Waals surface area contributed by atoms with Gasteiger partial charge in [0.15, 0.2) is 5.76 Å². The van der Waals surface area contributed by atoms with Crippen molar-refractivity contribution >= 4 is 22.9 Å². The van der Waals surface area contributed by atoms with Crippen LogP contribution in [-0.2, 0) is 19.1 Å². The number of aromatic hydroxyl groups is 3. The molecule has 1 saturated heterocycles. The summed E-state index contributed by atoms with van der Waals surface area (Å²) < 4.78 is 21.9. The van der Waals surface area contributed by atoms with E-state index in [-0.39, 0.29) is 22.7 Å². The standard InChI is InChI=1S/C27H28O15/c1-27(38,8-17(31)32)9-18(33)39-10-16-20(34)22(36)23(37)26(41-16)42-25-21(35)19-14(30)6-13(29)7-15(19)40-24(25)11-2-4-12(28)5-3-11/h2-7,16,20,22-23,26,28-30,34,36-38H,8-10H2,1H3,(H,31,32)/t16-,20+,22+,23-,26+,27-/m1/s1. The molecule has 2 heterocycles. The molecule has 1 fully saturated rings. The summed E-state index contributed by atoms with van der Waals surface area (Å²) in [5.41, 5.74) is -2.98. The molecular weight excluding hydrogens is 564 g/mol. The lowest BCUT2D eigenvalue weighted by Crippen LogP contribution is -2.60. The first-order valence-electron chi connectivity index (χ1n) is 12.4. The monoisotopic (exact) mass is 592 g/mol. The molecule has 0 amide bonds. The maximum absolute atomic E-state index is 13.5. The van der Waals surface area contributed by atoms with Gasteiger partial charge >= 0.3 is 11.9 Å². The fraction of sp³-hybridized carbons (Fsp3) is 0.370. The van der Waals surface area contributed by atoms with E-state index in [1.165, 1.54) is 24.3 Å². The largest absolute Gasteiger partial charge is 0.508 e. The van der Waals surface area contributed by atoms with Gasteiger partial charge in [-0.15, -0.1) is 0 Å². The first kappa shape index (κ1) is 30.5. The van der Waals surface area contributed by atoms with Crippen LogP contribution in [0.25, 0.3) is 22.3 Å². The number of phenols is 3. The Bertz CT molecular complexity index is 1530. The third-order valence-corrected chi connectivity index (χ3v) is 6.42. The van der Waals surface area contributed by atoms with Crippen molar-refractivity contribution in [1.29, 1.82) is 0 Å². The molecule has 1 aliphatic heterocycles. The van der Waals surface area contributed by atoms with Crippen molar-refractivity contribution in [2.45, 2.75) is 56.1 Å². The second kappa shape index (κ2) is 11.8. The number of carboxylic acids is 1. The van der Waals surface area contributed by atoms with Gasteiger partial charge in [0, 0.05) is 17.7 Å². The number of aliphatic carboxylic acids is 1. The Morgan fingerprint density at radius 1 is 0.952 bits per heavy atom. The van der Waals surface area contributed by atoms with E-state index < -0.39 is 95.8 Å². The Morgan fingerprint density at radius 3 is 2.26 bits per heavy atom. The molecule has 2 aromatic carbocycles. The second-order valence-electron chi connectivity index (χ2n) is 10.0. The van der Waals surface area contributed by atoms with Crippen molar-refractivity contribution in [2.24, 2.45) is 0 Å². The zero-order valence-electron chi connectivity index (χ0n) is 21.9. The highest BCUT2D eigenvalue weighted by Gasteiger charge is 2.46. The molecule has 1 aliphatic rings. The van der Waals surface area contributed by atoms with Gasteiger partial charge in [-0.25, -0.2) is 0 Å². The minimum absolute atomic E-state index is 0.121. The van der Waals surface area contributed by atoms with Crippen LogP contribution in [0.3, 0.4) is 0 Å². The van der Waals surface area contributed by atoms with Crippen molar-refractivity contribution < 1.29 is 69.1 Å². The van der Waals surface area contributed by atoms with E-state index in [1.54, 1.807) is 0 Å². The van der Waals surface area contributed by atoms with Crippen molar-refractivity contribution in [3.8, 4) is 34.3 Å². The Morgan fingerprint density at radius 2 is 1.62 bits per heavy atom. The quantitative estimate of drug-likeness (QED) is 0.151. The zero-order chi connectivity index (χ0) is 30.9. The zero-order valence-corrected chi connectivity index (χ0v) is 21.9. The Hall–Kier alpha value is -4.41. The number of phenolic OH excluding ortho intramolecular Hbond substituents is 3.